The van der Waals surface area contributed by atoms with Gasteiger partial charge >= 0.3 is 0 Å². The van der Waals surface area contributed by atoms with E-state index in [2.05, 4.69) is 28.7 Å². The molecule has 1 aromatic carbocycles. The van der Waals surface area contributed by atoms with Crippen molar-refractivity contribution in [1.82, 2.24) is 9.55 Å². The lowest BCUT2D eigenvalue weighted by molar-refractivity contribution is 0.607. The number of nitrogens with one attached hydrogen (secondary N) is 1. The molecule has 2 aromatic rings. The molecule has 0 fully saturated rings. The Bertz CT molecular complexity index is 603. The molecule has 19 heavy (non-hydrogen) atoms. The van der Waals surface area contributed by atoms with Crippen LogP contribution in [0.25, 0.3) is 0 Å². The fraction of sp³-hybridized carbons (Fsp3) is 0.357. The summed E-state index contributed by atoms with van der Waals surface area (Å²) in [6.45, 7) is 8.11. The molecule has 3 nitrogen and oxygen atoms in total. The van der Waals surface area contributed by atoms with E-state index in [0.717, 1.165) is 22.9 Å². The molecule has 2 rings (SSSR count). The topological polar surface area (TPSA) is 29.9 Å². The Morgan fingerprint density at radius 3 is 2.47 bits per heavy atom. The number of nitrogens with zero attached hydrogens (tertiary/aromatic N) is 2. The van der Waals surface area contributed by atoms with E-state index in [9.17, 15) is 0 Å². The number of aryl methyl sites for hydroxylation is 2. The fourth-order valence-electron chi connectivity index (χ4n) is 1.86. The molecule has 102 valence electrons. The van der Waals surface area contributed by atoms with E-state index in [1.807, 2.05) is 32.2 Å². The minimum atomic E-state index is 0.323. The number of imidazole rings is 1. The van der Waals surface area contributed by atoms with Gasteiger partial charge in [0.25, 0.3) is 0 Å². The summed E-state index contributed by atoms with van der Waals surface area (Å²) in [6, 6.07) is 4.00. The Morgan fingerprint density at radius 2 is 1.84 bits per heavy atom. The van der Waals surface area contributed by atoms with Crippen LogP contribution in [0.2, 0.25) is 10.0 Å². The number of aromatic nitrogens is 2. The number of benzene rings is 1. The van der Waals surface area contributed by atoms with E-state index < -0.39 is 0 Å². The van der Waals surface area contributed by atoms with Crippen LogP contribution >= 0.6 is 23.2 Å². The zero-order valence-corrected chi connectivity index (χ0v) is 13.0. The summed E-state index contributed by atoms with van der Waals surface area (Å²) in [4.78, 5) is 4.47. The van der Waals surface area contributed by atoms with Crippen molar-refractivity contribution in [3.8, 4) is 0 Å². The highest BCUT2D eigenvalue weighted by atomic mass is 35.5. The van der Waals surface area contributed by atoms with Crippen LogP contribution in [0.5, 0.6) is 0 Å². The largest absolute Gasteiger partial charge is 0.324 e. The highest BCUT2D eigenvalue weighted by Gasteiger charge is 2.11. The van der Waals surface area contributed by atoms with Crippen molar-refractivity contribution in [3.63, 3.8) is 0 Å². The molecule has 0 bridgehead atoms. The summed E-state index contributed by atoms with van der Waals surface area (Å²) in [6.07, 6.45) is 2.01. The second kappa shape index (κ2) is 5.43. The van der Waals surface area contributed by atoms with Gasteiger partial charge in [0.05, 0.1) is 16.4 Å². The molecule has 5 heteroatoms. The van der Waals surface area contributed by atoms with Gasteiger partial charge in [0.1, 0.15) is 0 Å². The van der Waals surface area contributed by atoms with Gasteiger partial charge in [-0.05, 0) is 45.4 Å². The van der Waals surface area contributed by atoms with Crippen LogP contribution in [0.4, 0.5) is 11.6 Å². The summed E-state index contributed by atoms with van der Waals surface area (Å²) in [5.74, 6) is 0.773. The van der Waals surface area contributed by atoms with E-state index in [1.165, 1.54) is 0 Å². The van der Waals surface area contributed by atoms with Crippen LogP contribution < -0.4 is 5.32 Å². The summed E-state index contributed by atoms with van der Waals surface area (Å²) < 4.78 is 2.07. The number of hydrogen-bond acceptors (Lipinski definition) is 2. The second-order valence-electron chi connectivity index (χ2n) is 4.91. The van der Waals surface area contributed by atoms with Gasteiger partial charge in [0, 0.05) is 17.3 Å². The van der Waals surface area contributed by atoms with Gasteiger partial charge in [-0.25, -0.2) is 4.98 Å². The molecule has 0 atom stereocenters. The standard InChI is InChI=1S/C14H17Cl2N3/c1-8(2)19-7-10(4)17-14(19)18-13-6-11(15)9(3)5-12(13)16/h5-8H,1-4H3,(H,17,18). The molecule has 0 saturated heterocycles. The van der Waals surface area contributed by atoms with Crippen molar-refractivity contribution in [2.45, 2.75) is 33.7 Å². The fourth-order valence-corrected chi connectivity index (χ4v) is 2.29. The van der Waals surface area contributed by atoms with Crippen LogP contribution in [0.3, 0.4) is 0 Å². The SMILES string of the molecule is Cc1cn(C(C)C)c(Nc2cc(Cl)c(C)cc2Cl)n1. The van der Waals surface area contributed by atoms with Gasteiger partial charge in [-0.1, -0.05) is 23.2 Å². The van der Waals surface area contributed by atoms with Crippen LogP contribution in [0, 0.1) is 13.8 Å². The molecule has 1 N–H and O–H groups in total. The Labute approximate surface area is 123 Å². The maximum Gasteiger partial charge on any atom is 0.207 e. The Morgan fingerprint density at radius 1 is 1.16 bits per heavy atom. The van der Waals surface area contributed by atoms with Crippen LogP contribution in [0.15, 0.2) is 18.3 Å². The lowest BCUT2D eigenvalue weighted by atomic mass is 10.2. The molecule has 0 saturated carbocycles. The molecule has 1 heterocycles. The lowest BCUT2D eigenvalue weighted by Crippen LogP contribution is -2.05. The highest BCUT2D eigenvalue weighted by molar-refractivity contribution is 6.35. The summed E-state index contributed by atoms with van der Waals surface area (Å²) in [7, 11) is 0. The average Bonchev–Trinajstić information content (AvgIpc) is 2.67. The van der Waals surface area contributed by atoms with Gasteiger partial charge in [0.15, 0.2) is 0 Å². The van der Waals surface area contributed by atoms with Gasteiger partial charge < -0.3 is 9.88 Å². The molecule has 0 unspecified atom stereocenters. The third-order valence-electron chi connectivity index (χ3n) is 2.90. The number of anilines is 2. The highest BCUT2D eigenvalue weighted by Crippen LogP contribution is 2.31. The maximum absolute atomic E-state index is 6.23. The van der Waals surface area contributed by atoms with E-state index >= 15 is 0 Å². The van der Waals surface area contributed by atoms with Gasteiger partial charge in [-0.3, -0.25) is 0 Å². The number of hydrogen-bond donors (Lipinski definition) is 1. The summed E-state index contributed by atoms with van der Waals surface area (Å²) >= 11 is 12.4. The van der Waals surface area contributed by atoms with Crippen molar-refractivity contribution in [2.24, 2.45) is 0 Å². The third kappa shape index (κ3) is 3.04. The Kier molecular flexibility index (Phi) is 4.07. The van der Waals surface area contributed by atoms with Gasteiger partial charge in [-0.2, -0.15) is 0 Å². The van der Waals surface area contributed by atoms with Crippen LogP contribution in [-0.4, -0.2) is 9.55 Å². The predicted octanol–water partition coefficient (Wildman–Crippen LogP) is 5.13. The second-order valence-corrected chi connectivity index (χ2v) is 5.73. The van der Waals surface area contributed by atoms with Gasteiger partial charge in [-0.15, -0.1) is 0 Å². The smallest absolute Gasteiger partial charge is 0.207 e. The molecule has 1 aromatic heterocycles. The van der Waals surface area contributed by atoms with E-state index in [0.29, 0.717) is 16.1 Å². The van der Waals surface area contributed by atoms with Crippen molar-refractivity contribution < 1.29 is 0 Å². The van der Waals surface area contributed by atoms with E-state index in [-0.39, 0.29) is 0 Å². The van der Waals surface area contributed by atoms with Crippen LogP contribution in [0.1, 0.15) is 31.1 Å². The average molecular weight is 298 g/mol. The first kappa shape index (κ1) is 14.2. The van der Waals surface area contributed by atoms with E-state index in [1.54, 1.807) is 0 Å². The summed E-state index contributed by atoms with van der Waals surface area (Å²) in [5, 5.41) is 4.57. The van der Waals surface area contributed by atoms with Crippen molar-refractivity contribution in [2.75, 3.05) is 5.32 Å². The first-order chi connectivity index (χ1) is 8.88. The molecule has 0 aliphatic rings. The zero-order valence-electron chi connectivity index (χ0n) is 11.5. The number of rotatable bonds is 3. The normalized spacial score (nSPS) is 11.1. The van der Waals surface area contributed by atoms with Gasteiger partial charge in [0.2, 0.25) is 5.95 Å². The minimum absolute atomic E-state index is 0.323. The minimum Gasteiger partial charge on any atom is -0.324 e. The lowest BCUT2D eigenvalue weighted by Gasteiger charge is -2.14. The summed E-state index contributed by atoms with van der Waals surface area (Å²) in [5.41, 5.74) is 2.69. The van der Waals surface area contributed by atoms with Crippen molar-refractivity contribution in [3.05, 3.63) is 39.6 Å². The zero-order chi connectivity index (χ0) is 14.2. The monoisotopic (exact) mass is 297 g/mol. The third-order valence-corrected chi connectivity index (χ3v) is 3.62. The Hall–Kier alpha value is -1.19. The first-order valence-electron chi connectivity index (χ1n) is 6.16. The first-order valence-corrected chi connectivity index (χ1v) is 6.92. The molecule has 0 amide bonds. The van der Waals surface area contributed by atoms with E-state index in [4.69, 9.17) is 23.2 Å². The molecule has 0 spiro atoms. The number of halogens is 2. The Balaban J connectivity index is 2.39. The van der Waals surface area contributed by atoms with Crippen molar-refractivity contribution in [1.29, 1.82) is 0 Å². The molecule has 0 aliphatic heterocycles. The van der Waals surface area contributed by atoms with Crippen molar-refractivity contribution >= 4 is 34.8 Å². The molecule has 0 aliphatic carbocycles. The predicted molar refractivity (Wildman–Crippen MR) is 81.8 cm³/mol. The molecular weight excluding hydrogens is 281 g/mol. The quantitative estimate of drug-likeness (QED) is 0.851. The molecule has 0 radical (unpaired) electrons. The van der Waals surface area contributed by atoms with Crippen LogP contribution in [-0.2, 0) is 0 Å². The maximum atomic E-state index is 6.23. The molecular formula is C14H17Cl2N3.